The average molecular weight is 517 g/mol. The first kappa shape index (κ1) is 30.7. The van der Waals surface area contributed by atoms with Crippen LogP contribution in [0.15, 0.2) is 60.9 Å². The van der Waals surface area contributed by atoms with Gasteiger partial charge in [-0.25, -0.2) is 0 Å². The van der Waals surface area contributed by atoms with Gasteiger partial charge in [0.1, 0.15) is 5.75 Å². The van der Waals surface area contributed by atoms with Crippen molar-refractivity contribution in [2.45, 2.75) is 20.3 Å². The van der Waals surface area contributed by atoms with Gasteiger partial charge >= 0.3 is 0 Å². The number of aromatic nitrogens is 1. The summed E-state index contributed by atoms with van der Waals surface area (Å²) in [5.74, 6) is -0.421. The Kier molecular flexibility index (Phi) is 12.9. The molecule has 0 atom stereocenters. The third-order valence-electron chi connectivity index (χ3n) is 5.04. The molecule has 2 aromatic carbocycles. The smallest absolute Gasteiger partial charge is 0.240 e. The van der Waals surface area contributed by atoms with Crippen molar-refractivity contribution >= 4 is 23.6 Å². The number of pyridine rings is 1. The summed E-state index contributed by atoms with van der Waals surface area (Å²) in [6.45, 7) is 4.40. The molecule has 3 rings (SSSR count). The van der Waals surface area contributed by atoms with Gasteiger partial charge < -0.3 is 25.9 Å². The van der Waals surface area contributed by atoms with E-state index in [1.54, 1.807) is 37.5 Å². The van der Waals surface area contributed by atoms with Crippen LogP contribution in [-0.2, 0) is 11.2 Å². The van der Waals surface area contributed by atoms with E-state index < -0.39 is 0 Å². The Bertz CT molecular complexity index is 1180. The number of halogens is 2. The fourth-order valence-electron chi connectivity index (χ4n) is 3.36. The lowest BCUT2D eigenvalue weighted by atomic mass is 9.98. The van der Waals surface area contributed by atoms with Crippen molar-refractivity contribution in [1.82, 2.24) is 4.98 Å². The third-order valence-corrected chi connectivity index (χ3v) is 5.04. The minimum absolute atomic E-state index is 0. The zero-order valence-electron chi connectivity index (χ0n) is 20.5. The number of hydrogen-bond acceptors (Lipinski definition) is 8. The number of likely N-dealkylation sites (N-methyl/N-ethyl adjacent to an activating group) is 1. The molecule has 0 aliphatic rings. The van der Waals surface area contributed by atoms with Crippen molar-refractivity contribution in [2.75, 3.05) is 24.6 Å². The Balaban J connectivity index is 0.000000369. The quantitative estimate of drug-likeness (QED) is 0.273. The average Bonchev–Trinajstić information content (AvgIpc) is 2.90. The summed E-state index contributed by atoms with van der Waals surface area (Å²) in [5, 5.41) is 17.6. The Labute approximate surface area is 213 Å². The summed E-state index contributed by atoms with van der Waals surface area (Å²) in [4.78, 5) is 31.5. The molecule has 1 heterocycles. The van der Waals surface area contributed by atoms with Crippen molar-refractivity contribution in [2.24, 2.45) is 5.73 Å². The Morgan fingerprint density at radius 1 is 1.19 bits per heavy atom. The van der Waals surface area contributed by atoms with E-state index in [2.05, 4.69) is 9.93 Å². The maximum atomic E-state index is 11.9. The predicted molar refractivity (Wildman–Crippen MR) is 137 cm³/mol. The molecule has 0 saturated heterocycles. The minimum Gasteiger partial charge on any atom is -0.504 e. The summed E-state index contributed by atoms with van der Waals surface area (Å²) >= 11 is 0. The zero-order chi connectivity index (χ0) is 26.5. The number of rotatable bonds is 10. The summed E-state index contributed by atoms with van der Waals surface area (Å²) in [6.07, 6.45) is 4.60. The van der Waals surface area contributed by atoms with Crippen molar-refractivity contribution in [3.63, 3.8) is 0 Å². The number of nitrogens with two attached hydrogens (primary N) is 1. The van der Waals surface area contributed by atoms with Crippen LogP contribution < -0.4 is 20.3 Å². The number of carbonyl (C=O) groups is 2. The first-order chi connectivity index (χ1) is 17.4. The molecule has 1 amide bonds. The van der Waals surface area contributed by atoms with Crippen molar-refractivity contribution in [3.05, 3.63) is 77.6 Å². The van der Waals surface area contributed by atoms with Crippen molar-refractivity contribution in [1.29, 1.82) is 5.41 Å². The fraction of sp³-hybridized carbons (Fsp3) is 0.231. The highest BCUT2D eigenvalue weighted by molar-refractivity contribution is 6.06. The normalized spacial score (nSPS) is 9.73. The second-order valence-corrected chi connectivity index (χ2v) is 7.36. The molecule has 0 fully saturated rings. The van der Waals surface area contributed by atoms with E-state index in [-0.39, 0.29) is 28.7 Å². The second-order valence-electron chi connectivity index (χ2n) is 7.36. The maximum Gasteiger partial charge on any atom is 0.240 e. The molecular weight excluding hydrogens is 486 g/mol. The Morgan fingerprint density at radius 3 is 2.49 bits per heavy atom. The van der Waals surface area contributed by atoms with Crippen LogP contribution in [0.25, 0.3) is 0 Å². The van der Waals surface area contributed by atoms with Crippen molar-refractivity contribution < 1.29 is 33.6 Å². The number of phenolic OH excluding ortho intramolecular Hbond substituents is 1. The number of carbonyl (C=O) groups excluding carboxylic acids is 2. The zero-order valence-corrected chi connectivity index (χ0v) is 20.5. The van der Waals surface area contributed by atoms with E-state index in [1.807, 2.05) is 19.1 Å². The number of aromatic hydroxyl groups is 1. The molecule has 1 aromatic heterocycles. The molecule has 3 aromatic rings. The highest BCUT2D eigenvalue weighted by atomic mass is 19.3. The van der Waals surface area contributed by atoms with Gasteiger partial charge in [-0.3, -0.25) is 24.2 Å². The van der Waals surface area contributed by atoms with Gasteiger partial charge in [0.25, 0.3) is 0 Å². The standard InChI is InChI=1S/C16H16N2O2.C10H13FN2O3.FH/c1-2-20-16-7-3-6-13(14(16)11-19)15(17)9-12-5-4-8-18-10-12;1-2-13(10(15)6-12)7-3-4-9(16-11)8(14)5-7;/h3-8,10-11,17H,2,9H2,1H3;3-5,14H,2,6,12H2,1H3;1H. The number of phenols is 1. The highest BCUT2D eigenvalue weighted by Gasteiger charge is 2.15. The van der Waals surface area contributed by atoms with Gasteiger partial charge in [-0.2, -0.15) is 0 Å². The van der Waals surface area contributed by atoms with Gasteiger partial charge in [0.05, 0.1) is 18.7 Å². The molecule has 0 bridgehead atoms. The van der Waals surface area contributed by atoms with E-state index in [0.717, 1.165) is 11.8 Å². The molecule has 0 radical (unpaired) electrons. The number of benzene rings is 2. The van der Waals surface area contributed by atoms with Gasteiger partial charge in [-0.05, 0) is 43.7 Å². The lowest BCUT2D eigenvalue weighted by Gasteiger charge is -2.20. The fourth-order valence-corrected chi connectivity index (χ4v) is 3.36. The number of hydrogen-bond donors (Lipinski definition) is 3. The van der Waals surface area contributed by atoms with Crippen LogP contribution in [0.5, 0.6) is 17.2 Å². The minimum atomic E-state index is -0.372. The SMILES string of the molecule is CCN(C(=O)CN)c1ccc(OF)c(O)c1.CCOc1cccc(C(=N)Cc2cccnc2)c1C=O.F. The number of nitrogens with zero attached hydrogens (tertiary/aromatic N) is 2. The molecule has 0 saturated carbocycles. The van der Waals surface area contributed by atoms with Crippen molar-refractivity contribution in [3.8, 4) is 17.2 Å². The van der Waals surface area contributed by atoms with E-state index in [1.165, 1.54) is 23.1 Å². The van der Waals surface area contributed by atoms with Crippen LogP contribution in [0, 0.1) is 5.41 Å². The van der Waals surface area contributed by atoms with Crippen LogP contribution in [0.1, 0.15) is 35.3 Å². The topological polar surface area (TPSA) is 139 Å². The number of aldehydes is 1. The monoisotopic (exact) mass is 516 g/mol. The molecule has 9 nitrogen and oxygen atoms in total. The maximum absolute atomic E-state index is 11.9. The molecule has 0 unspecified atom stereocenters. The van der Waals surface area contributed by atoms with Gasteiger partial charge in [-0.1, -0.05) is 18.2 Å². The summed E-state index contributed by atoms with van der Waals surface area (Å²) in [6, 6.07) is 13.0. The van der Waals surface area contributed by atoms with Crippen LogP contribution in [-0.4, -0.2) is 47.7 Å². The second kappa shape index (κ2) is 15.6. The lowest BCUT2D eigenvalue weighted by molar-refractivity contribution is -0.117. The molecule has 4 N–H and O–H groups in total. The molecule has 11 heteroatoms. The molecule has 0 aliphatic heterocycles. The van der Waals surface area contributed by atoms with Crippen LogP contribution >= 0.6 is 0 Å². The first-order valence-electron chi connectivity index (χ1n) is 11.2. The number of ether oxygens (including phenoxy) is 1. The van der Waals surface area contributed by atoms with Gasteiger partial charge in [0, 0.05) is 52.9 Å². The largest absolute Gasteiger partial charge is 0.504 e. The van der Waals surface area contributed by atoms with Crippen LogP contribution in [0.2, 0.25) is 0 Å². The molecule has 0 aliphatic carbocycles. The highest BCUT2D eigenvalue weighted by Crippen LogP contribution is 2.31. The molecule has 198 valence electrons. The Morgan fingerprint density at radius 2 is 1.95 bits per heavy atom. The Hall–Kier alpha value is -4.38. The summed E-state index contributed by atoms with van der Waals surface area (Å²) in [5.41, 5.74) is 8.04. The van der Waals surface area contributed by atoms with Crippen LogP contribution in [0.4, 0.5) is 14.9 Å². The number of anilines is 1. The van der Waals surface area contributed by atoms with Crippen LogP contribution in [0.3, 0.4) is 0 Å². The van der Waals surface area contributed by atoms with E-state index >= 15 is 0 Å². The van der Waals surface area contributed by atoms with Gasteiger partial charge in [0.15, 0.2) is 12.0 Å². The first-order valence-corrected chi connectivity index (χ1v) is 11.2. The number of nitrogens with one attached hydrogen (secondary N) is 1. The number of amides is 1. The van der Waals surface area contributed by atoms with E-state index in [0.29, 0.717) is 47.8 Å². The van der Waals surface area contributed by atoms with Gasteiger partial charge in [-0.15, -0.1) is 0 Å². The summed E-state index contributed by atoms with van der Waals surface area (Å²) < 4.78 is 17.3. The molecule has 37 heavy (non-hydrogen) atoms. The lowest BCUT2D eigenvalue weighted by Crippen LogP contribution is -2.35. The summed E-state index contributed by atoms with van der Waals surface area (Å²) in [7, 11) is 0. The van der Waals surface area contributed by atoms with E-state index in [4.69, 9.17) is 15.9 Å². The van der Waals surface area contributed by atoms with E-state index in [9.17, 15) is 19.2 Å². The molecular formula is C26H30F2N4O5. The van der Waals surface area contributed by atoms with Gasteiger partial charge in [0.2, 0.25) is 11.7 Å². The molecule has 0 spiro atoms. The third kappa shape index (κ3) is 8.36. The predicted octanol–water partition coefficient (Wildman–Crippen LogP) is 4.02.